The van der Waals surface area contributed by atoms with Gasteiger partial charge in [0.25, 0.3) is 5.91 Å². The SMILES string of the molecule is Cc1[nH]nc(N)c1C(=O)NC1(C)CCCOC1. The number of carbonyl (C=O) groups is 1. The van der Waals surface area contributed by atoms with Crippen molar-refractivity contribution in [2.24, 2.45) is 0 Å². The first-order chi connectivity index (χ1) is 8.02. The number of hydrogen-bond acceptors (Lipinski definition) is 4. The van der Waals surface area contributed by atoms with Crippen molar-refractivity contribution < 1.29 is 9.53 Å². The van der Waals surface area contributed by atoms with Gasteiger partial charge in [0, 0.05) is 12.3 Å². The number of ether oxygens (including phenoxy) is 1. The predicted molar refractivity (Wildman–Crippen MR) is 63.7 cm³/mol. The lowest BCUT2D eigenvalue weighted by Crippen LogP contribution is -2.51. The van der Waals surface area contributed by atoms with E-state index >= 15 is 0 Å². The minimum Gasteiger partial charge on any atom is -0.382 e. The third-order valence-corrected chi connectivity index (χ3v) is 3.06. The van der Waals surface area contributed by atoms with Gasteiger partial charge in [-0.15, -0.1) is 0 Å². The molecule has 6 nitrogen and oxygen atoms in total. The maximum Gasteiger partial charge on any atom is 0.257 e. The Morgan fingerprint density at radius 2 is 2.41 bits per heavy atom. The van der Waals surface area contributed by atoms with Gasteiger partial charge in [-0.05, 0) is 26.7 Å². The first kappa shape index (κ1) is 11.9. The maximum atomic E-state index is 12.1. The van der Waals surface area contributed by atoms with Crippen LogP contribution in [0.25, 0.3) is 0 Å². The van der Waals surface area contributed by atoms with Crippen LogP contribution >= 0.6 is 0 Å². The van der Waals surface area contributed by atoms with Crippen molar-refractivity contribution in [3.8, 4) is 0 Å². The van der Waals surface area contributed by atoms with Gasteiger partial charge in [0.05, 0.1) is 12.1 Å². The predicted octanol–water partition coefficient (Wildman–Crippen LogP) is 0.599. The Bertz CT molecular complexity index is 402. The first-order valence-corrected chi connectivity index (χ1v) is 5.72. The van der Waals surface area contributed by atoms with Crippen molar-refractivity contribution in [3.05, 3.63) is 11.3 Å². The molecule has 1 aromatic rings. The largest absolute Gasteiger partial charge is 0.382 e. The van der Waals surface area contributed by atoms with Crippen molar-refractivity contribution in [3.63, 3.8) is 0 Å². The molecule has 1 aromatic heterocycles. The molecule has 2 heterocycles. The fourth-order valence-corrected chi connectivity index (χ4v) is 2.10. The highest BCUT2D eigenvalue weighted by molar-refractivity contribution is 5.99. The lowest BCUT2D eigenvalue weighted by molar-refractivity contribution is 0.0273. The van der Waals surface area contributed by atoms with Gasteiger partial charge >= 0.3 is 0 Å². The van der Waals surface area contributed by atoms with Crippen molar-refractivity contribution >= 4 is 11.7 Å². The Morgan fingerprint density at radius 1 is 1.65 bits per heavy atom. The average Bonchev–Trinajstić information content (AvgIpc) is 2.58. The second-order valence-electron chi connectivity index (χ2n) is 4.78. The van der Waals surface area contributed by atoms with E-state index < -0.39 is 0 Å². The second kappa shape index (κ2) is 4.37. The van der Waals surface area contributed by atoms with Gasteiger partial charge in [0.1, 0.15) is 5.56 Å². The van der Waals surface area contributed by atoms with Gasteiger partial charge in [-0.25, -0.2) is 0 Å². The molecular weight excluding hydrogens is 220 g/mol. The molecule has 6 heteroatoms. The van der Waals surface area contributed by atoms with E-state index in [2.05, 4.69) is 15.5 Å². The van der Waals surface area contributed by atoms with E-state index in [0.29, 0.717) is 17.9 Å². The van der Waals surface area contributed by atoms with Crippen LogP contribution in [0.3, 0.4) is 0 Å². The van der Waals surface area contributed by atoms with Crippen LogP contribution in [0.4, 0.5) is 5.82 Å². The van der Waals surface area contributed by atoms with Crippen LogP contribution in [-0.2, 0) is 4.74 Å². The third kappa shape index (κ3) is 2.41. The molecule has 1 saturated heterocycles. The number of nitrogens with one attached hydrogen (secondary N) is 2. The summed E-state index contributed by atoms with van der Waals surface area (Å²) in [6.45, 7) is 5.06. The Hall–Kier alpha value is -1.56. The summed E-state index contributed by atoms with van der Waals surface area (Å²) in [5, 5.41) is 9.49. The lowest BCUT2D eigenvalue weighted by Gasteiger charge is -2.34. The molecule has 1 amide bonds. The maximum absolute atomic E-state index is 12.1. The van der Waals surface area contributed by atoms with Crippen molar-refractivity contribution in [1.82, 2.24) is 15.5 Å². The number of nitrogens with two attached hydrogens (primary N) is 1. The monoisotopic (exact) mass is 238 g/mol. The molecular formula is C11H18N4O2. The molecule has 1 fully saturated rings. The second-order valence-corrected chi connectivity index (χ2v) is 4.78. The molecule has 0 spiro atoms. The van der Waals surface area contributed by atoms with Crippen LogP contribution in [0.5, 0.6) is 0 Å². The number of aromatic amines is 1. The summed E-state index contributed by atoms with van der Waals surface area (Å²) in [5.74, 6) is 0.0436. The summed E-state index contributed by atoms with van der Waals surface area (Å²) in [6, 6.07) is 0. The van der Waals surface area contributed by atoms with Gasteiger partial charge in [0.2, 0.25) is 0 Å². The molecule has 0 radical (unpaired) electrons. The van der Waals surface area contributed by atoms with Gasteiger partial charge in [-0.3, -0.25) is 9.89 Å². The minimum atomic E-state index is -0.314. The van der Waals surface area contributed by atoms with E-state index in [-0.39, 0.29) is 17.3 Å². The zero-order chi connectivity index (χ0) is 12.5. The number of carbonyl (C=O) groups excluding carboxylic acids is 1. The Morgan fingerprint density at radius 3 is 2.94 bits per heavy atom. The van der Waals surface area contributed by atoms with E-state index in [1.807, 2.05) is 6.92 Å². The van der Waals surface area contributed by atoms with E-state index in [1.54, 1.807) is 6.92 Å². The smallest absolute Gasteiger partial charge is 0.257 e. The van der Waals surface area contributed by atoms with Crippen LogP contribution < -0.4 is 11.1 Å². The Labute approximate surface area is 99.9 Å². The normalized spacial score (nSPS) is 24.6. The summed E-state index contributed by atoms with van der Waals surface area (Å²) in [7, 11) is 0. The highest BCUT2D eigenvalue weighted by Crippen LogP contribution is 2.20. The molecule has 17 heavy (non-hydrogen) atoms. The quantitative estimate of drug-likeness (QED) is 0.703. The molecule has 1 atom stereocenters. The van der Waals surface area contributed by atoms with Crippen molar-refractivity contribution in [2.45, 2.75) is 32.2 Å². The number of aryl methyl sites for hydroxylation is 1. The standard InChI is InChI=1S/C11H18N4O2/c1-7-8(9(12)15-14-7)10(16)13-11(2)4-3-5-17-6-11/h3-6H2,1-2H3,(H,13,16)(H3,12,14,15). The molecule has 1 aliphatic heterocycles. The molecule has 1 aliphatic rings. The van der Waals surface area contributed by atoms with Crippen LogP contribution in [0.15, 0.2) is 0 Å². The van der Waals surface area contributed by atoms with E-state index in [4.69, 9.17) is 10.5 Å². The number of nitrogen functional groups attached to an aromatic ring is 1. The van der Waals surface area contributed by atoms with E-state index in [9.17, 15) is 4.79 Å². The molecule has 0 saturated carbocycles. The number of aromatic nitrogens is 2. The summed E-state index contributed by atoms with van der Waals surface area (Å²) in [5.41, 5.74) is 6.45. The molecule has 0 aliphatic carbocycles. The number of amides is 1. The van der Waals surface area contributed by atoms with E-state index in [1.165, 1.54) is 0 Å². The number of rotatable bonds is 2. The molecule has 4 N–H and O–H groups in total. The van der Waals surface area contributed by atoms with Crippen LogP contribution in [0.2, 0.25) is 0 Å². The zero-order valence-electron chi connectivity index (χ0n) is 10.2. The molecule has 0 aromatic carbocycles. The number of hydrogen-bond donors (Lipinski definition) is 3. The number of H-pyrrole nitrogens is 1. The Balaban J connectivity index is 2.11. The number of anilines is 1. The average molecular weight is 238 g/mol. The molecule has 1 unspecified atom stereocenters. The molecule has 94 valence electrons. The fraction of sp³-hybridized carbons (Fsp3) is 0.636. The summed E-state index contributed by atoms with van der Waals surface area (Å²) >= 11 is 0. The van der Waals surface area contributed by atoms with Crippen molar-refractivity contribution in [1.29, 1.82) is 0 Å². The first-order valence-electron chi connectivity index (χ1n) is 5.72. The van der Waals surface area contributed by atoms with Crippen LogP contribution in [0.1, 0.15) is 35.8 Å². The fourth-order valence-electron chi connectivity index (χ4n) is 2.10. The van der Waals surface area contributed by atoms with Gasteiger partial charge < -0.3 is 15.8 Å². The van der Waals surface area contributed by atoms with Crippen LogP contribution in [0, 0.1) is 6.92 Å². The topological polar surface area (TPSA) is 93.0 Å². The van der Waals surface area contributed by atoms with Crippen LogP contribution in [-0.4, -0.2) is 34.9 Å². The highest BCUT2D eigenvalue weighted by Gasteiger charge is 2.31. The zero-order valence-corrected chi connectivity index (χ0v) is 10.2. The summed E-state index contributed by atoms with van der Waals surface area (Å²) in [4.78, 5) is 12.1. The number of nitrogens with zero attached hydrogens (tertiary/aromatic N) is 1. The van der Waals surface area contributed by atoms with Crippen molar-refractivity contribution in [2.75, 3.05) is 18.9 Å². The Kier molecular flexibility index (Phi) is 3.06. The minimum absolute atomic E-state index is 0.193. The van der Waals surface area contributed by atoms with E-state index in [0.717, 1.165) is 19.4 Å². The molecule has 0 bridgehead atoms. The van der Waals surface area contributed by atoms with Gasteiger partial charge in [-0.2, -0.15) is 5.10 Å². The third-order valence-electron chi connectivity index (χ3n) is 3.06. The molecule has 2 rings (SSSR count). The lowest BCUT2D eigenvalue weighted by atomic mass is 9.94. The van der Waals surface area contributed by atoms with Gasteiger partial charge in [0.15, 0.2) is 5.82 Å². The summed E-state index contributed by atoms with van der Waals surface area (Å²) in [6.07, 6.45) is 1.87. The summed E-state index contributed by atoms with van der Waals surface area (Å²) < 4.78 is 5.39. The van der Waals surface area contributed by atoms with Gasteiger partial charge in [-0.1, -0.05) is 0 Å². The highest BCUT2D eigenvalue weighted by atomic mass is 16.5.